The number of rotatable bonds is 4. The van der Waals surface area contributed by atoms with Crippen molar-refractivity contribution in [3.63, 3.8) is 0 Å². The zero-order valence-corrected chi connectivity index (χ0v) is 10.6. The van der Waals surface area contributed by atoms with Gasteiger partial charge in [-0.15, -0.1) is 0 Å². The monoisotopic (exact) mass is 301 g/mol. The van der Waals surface area contributed by atoms with Crippen LogP contribution in [-0.2, 0) is 4.79 Å². The average Bonchev–Trinajstić information content (AvgIpc) is 2.25. The Labute approximate surface area is 107 Å². The number of carboxylic acid groups (broad SMARTS) is 1. The van der Waals surface area contributed by atoms with Crippen molar-refractivity contribution in [3.8, 4) is 0 Å². The summed E-state index contributed by atoms with van der Waals surface area (Å²) in [6.07, 6.45) is -1.16. The van der Waals surface area contributed by atoms with Crippen LogP contribution in [0.25, 0.3) is 0 Å². The molecule has 1 aromatic carbocycles. The summed E-state index contributed by atoms with van der Waals surface area (Å²) >= 11 is 3.23. The molecule has 1 aromatic rings. The molecule has 3 N–H and O–H groups in total. The number of amides is 1. The van der Waals surface area contributed by atoms with Crippen molar-refractivity contribution >= 4 is 27.8 Å². The summed E-state index contributed by atoms with van der Waals surface area (Å²) < 4.78 is 0.819. The van der Waals surface area contributed by atoms with Crippen molar-refractivity contribution in [2.45, 2.75) is 19.1 Å². The highest BCUT2D eigenvalue weighted by molar-refractivity contribution is 9.10. The van der Waals surface area contributed by atoms with Gasteiger partial charge in [0.1, 0.15) is 0 Å². The number of nitrogens with one attached hydrogen (secondary N) is 1. The molecule has 0 radical (unpaired) electrons. The van der Waals surface area contributed by atoms with Gasteiger partial charge in [-0.05, 0) is 31.2 Å². The van der Waals surface area contributed by atoms with Crippen molar-refractivity contribution < 1.29 is 19.8 Å². The van der Waals surface area contributed by atoms with Gasteiger partial charge in [-0.25, -0.2) is 4.79 Å². The highest BCUT2D eigenvalue weighted by Crippen LogP contribution is 2.10. The molecular formula is C11H12BrNO4. The Kier molecular flexibility index (Phi) is 4.65. The number of halogens is 1. The molecule has 0 aliphatic carbocycles. The molecule has 2 unspecified atom stereocenters. The van der Waals surface area contributed by atoms with Gasteiger partial charge in [-0.2, -0.15) is 0 Å². The second-order valence-corrected chi connectivity index (χ2v) is 4.45. The first-order chi connectivity index (χ1) is 7.91. The normalized spacial score (nSPS) is 13.8. The fourth-order valence-corrected chi connectivity index (χ4v) is 1.48. The molecule has 0 saturated carbocycles. The summed E-state index contributed by atoms with van der Waals surface area (Å²) in [4.78, 5) is 22.5. The molecule has 2 atom stereocenters. The molecule has 0 saturated heterocycles. The predicted octanol–water partition coefficient (Wildman–Crippen LogP) is 1.01. The minimum Gasteiger partial charge on any atom is -0.480 e. The van der Waals surface area contributed by atoms with E-state index in [0.717, 1.165) is 4.47 Å². The molecule has 17 heavy (non-hydrogen) atoms. The van der Waals surface area contributed by atoms with E-state index >= 15 is 0 Å². The van der Waals surface area contributed by atoms with Crippen molar-refractivity contribution in [2.75, 3.05) is 0 Å². The van der Waals surface area contributed by atoms with Gasteiger partial charge in [-0.1, -0.05) is 15.9 Å². The minimum absolute atomic E-state index is 0.333. The maximum atomic E-state index is 11.7. The molecule has 0 spiro atoms. The molecule has 92 valence electrons. The van der Waals surface area contributed by atoms with E-state index < -0.39 is 24.0 Å². The Morgan fingerprint density at radius 1 is 1.29 bits per heavy atom. The van der Waals surface area contributed by atoms with Crippen LogP contribution < -0.4 is 5.32 Å². The molecular weight excluding hydrogens is 290 g/mol. The molecule has 5 nitrogen and oxygen atoms in total. The van der Waals surface area contributed by atoms with Gasteiger partial charge < -0.3 is 15.5 Å². The topological polar surface area (TPSA) is 86.6 Å². The number of carboxylic acids is 1. The Morgan fingerprint density at radius 3 is 2.24 bits per heavy atom. The highest BCUT2D eigenvalue weighted by atomic mass is 79.9. The lowest BCUT2D eigenvalue weighted by atomic mass is 10.1. The zero-order valence-electron chi connectivity index (χ0n) is 9.05. The first-order valence-corrected chi connectivity index (χ1v) is 5.68. The molecule has 0 aliphatic rings. The Hall–Kier alpha value is -1.40. The fourth-order valence-electron chi connectivity index (χ4n) is 1.21. The highest BCUT2D eigenvalue weighted by Gasteiger charge is 2.25. The molecule has 0 bridgehead atoms. The second kappa shape index (κ2) is 5.79. The van der Waals surface area contributed by atoms with Crippen LogP contribution >= 0.6 is 15.9 Å². The van der Waals surface area contributed by atoms with Crippen LogP contribution in [0.4, 0.5) is 0 Å². The van der Waals surface area contributed by atoms with Gasteiger partial charge in [0.25, 0.3) is 5.91 Å². The number of aliphatic hydroxyl groups is 1. The third-order valence-electron chi connectivity index (χ3n) is 2.14. The van der Waals surface area contributed by atoms with Gasteiger partial charge >= 0.3 is 5.97 Å². The number of carbonyl (C=O) groups is 2. The first kappa shape index (κ1) is 13.7. The van der Waals surface area contributed by atoms with E-state index in [4.69, 9.17) is 5.11 Å². The van der Waals surface area contributed by atoms with Crippen LogP contribution in [0.5, 0.6) is 0 Å². The summed E-state index contributed by atoms with van der Waals surface area (Å²) in [6.45, 7) is 1.31. The summed E-state index contributed by atoms with van der Waals surface area (Å²) in [5.74, 6) is -1.81. The number of benzene rings is 1. The minimum atomic E-state index is -1.31. The lowest BCUT2D eigenvalue weighted by Crippen LogP contribution is -2.47. The van der Waals surface area contributed by atoms with Gasteiger partial charge in [0.05, 0.1) is 6.10 Å². The van der Waals surface area contributed by atoms with Gasteiger partial charge in [-0.3, -0.25) is 4.79 Å². The zero-order chi connectivity index (χ0) is 13.0. The SMILES string of the molecule is CC(O)C(NC(=O)c1ccc(Br)cc1)C(=O)O. The average molecular weight is 302 g/mol. The van der Waals surface area contributed by atoms with E-state index in [9.17, 15) is 14.7 Å². The lowest BCUT2D eigenvalue weighted by molar-refractivity contribution is -0.141. The second-order valence-electron chi connectivity index (χ2n) is 3.54. The molecule has 1 rings (SSSR count). The molecule has 1 amide bonds. The Balaban J connectivity index is 2.77. The maximum Gasteiger partial charge on any atom is 0.328 e. The number of aliphatic hydroxyl groups excluding tert-OH is 1. The van der Waals surface area contributed by atoms with Crippen molar-refractivity contribution in [2.24, 2.45) is 0 Å². The predicted molar refractivity (Wildman–Crippen MR) is 64.7 cm³/mol. The van der Waals surface area contributed by atoms with Crippen LogP contribution in [0.1, 0.15) is 17.3 Å². The Morgan fingerprint density at radius 2 is 1.82 bits per heavy atom. The van der Waals surface area contributed by atoms with Gasteiger partial charge in [0, 0.05) is 10.0 Å². The third-order valence-corrected chi connectivity index (χ3v) is 2.67. The molecule has 0 aromatic heterocycles. The van der Waals surface area contributed by atoms with Gasteiger partial charge in [0.15, 0.2) is 6.04 Å². The summed E-state index contributed by atoms with van der Waals surface area (Å²) in [7, 11) is 0. The van der Waals surface area contributed by atoms with Crippen LogP contribution in [-0.4, -0.2) is 34.2 Å². The maximum absolute atomic E-state index is 11.7. The van der Waals surface area contributed by atoms with Crippen molar-refractivity contribution in [1.82, 2.24) is 5.32 Å². The number of carbonyl (C=O) groups excluding carboxylic acids is 1. The summed E-state index contributed by atoms with van der Waals surface area (Å²) in [6, 6.07) is 5.15. The standard InChI is InChI=1S/C11H12BrNO4/c1-6(14)9(11(16)17)13-10(15)7-2-4-8(12)5-3-7/h2-6,9,14H,1H3,(H,13,15)(H,16,17). The largest absolute Gasteiger partial charge is 0.480 e. The summed E-state index contributed by atoms with van der Waals surface area (Å²) in [5.41, 5.74) is 0.333. The van der Waals surface area contributed by atoms with Crippen LogP contribution in [0.15, 0.2) is 28.7 Å². The van der Waals surface area contributed by atoms with E-state index in [-0.39, 0.29) is 0 Å². The van der Waals surface area contributed by atoms with E-state index in [0.29, 0.717) is 5.56 Å². The van der Waals surface area contributed by atoms with Crippen molar-refractivity contribution in [1.29, 1.82) is 0 Å². The molecule has 0 fully saturated rings. The lowest BCUT2D eigenvalue weighted by Gasteiger charge is -2.16. The van der Waals surface area contributed by atoms with Crippen LogP contribution in [0, 0.1) is 0 Å². The Bertz CT molecular complexity index is 416. The fraction of sp³-hybridized carbons (Fsp3) is 0.273. The van der Waals surface area contributed by atoms with Crippen LogP contribution in [0.3, 0.4) is 0 Å². The molecule has 0 heterocycles. The smallest absolute Gasteiger partial charge is 0.328 e. The van der Waals surface area contributed by atoms with E-state index in [1.54, 1.807) is 24.3 Å². The first-order valence-electron chi connectivity index (χ1n) is 4.89. The number of hydrogen-bond donors (Lipinski definition) is 3. The number of hydrogen-bond acceptors (Lipinski definition) is 3. The molecule has 6 heteroatoms. The van der Waals surface area contributed by atoms with E-state index in [1.165, 1.54) is 6.92 Å². The summed E-state index contributed by atoms with van der Waals surface area (Å²) in [5, 5.41) is 20.3. The number of aliphatic carboxylic acids is 1. The molecule has 0 aliphatic heterocycles. The van der Waals surface area contributed by atoms with E-state index in [1.807, 2.05) is 0 Å². The van der Waals surface area contributed by atoms with Crippen molar-refractivity contribution in [3.05, 3.63) is 34.3 Å². The van der Waals surface area contributed by atoms with Gasteiger partial charge in [0.2, 0.25) is 0 Å². The van der Waals surface area contributed by atoms with Crippen LogP contribution in [0.2, 0.25) is 0 Å². The van der Waals surface area contributed by atoms with E-state index in [2.05, 4.69) is 21.2 Å². The quantitative estimate of drug-likeness (QED) is 0.775. The third kappa shape index (κ3) is 3.83.